The van der Waals surface area contributed by atoms with Crippen LogP contribution in [0.2, 0.25) is 0 Å². The molecule has 0 bridgehead atoms. The monoisotopic (exact) mass is 233 g/mol. The molecule has 2 rings (SSSR count). The van der Waals surface area contributed by atoms with Crippen LogP contribution in [0, 0.1) is 0 Å². The predicted octanol–water partition coefficient (Wildman–Crippen LogP) is 1.77. The number of benzene rings is 1. The van der Waals surface area contributed by atoms with Gasteiger partial charge in [-0.3, -0.25) is 9.79 Å². The molecule has 0 aliphatic carbocycles. The molecule has 88 valence electrons. The van der Waals surface area contributed by atoms with Gasteiger partial charge in [-0.2, -0.15) is 0 Å². The molecule has 0 aromatic heterocycles. The van der Waals surface area contributed by atoms with E-state index in [2.05, 4.69) is 9.73 Å². The highest BCUT2D eigenvalue weighted by Gasteiger charge is 2.21. The Bertz CT molecular complexity index is 519. The second-order valence-electron chi connectivity index (χ2n) is 3.50. The summed E-state index contributed by atoms with van der Waals surface area (Å²) in [5, 5.41) is 0. The molecule has 0 amide bonds. The van der Waals surface area contributed by atoms with E-state index in [-0.39, 0.29) is 17.8 Å². The Morgan fingerprint density at radius 2 is 2.12 bits per heavy atom. The Kier molecular flexibility index (Phi) is 2.91. The van der Waals surface area contributed by atoms with E-state index in [9.17, 15) is 9.59 Å². The van der Waals surface area contributed by atoms with E-state index in [1.54, 1.807) is 0 Å². The average molecular weight is 233 g/mol. The summed E-state index contributed by atoms with van der Waals surface area (Å²) in [5.41, 5.74) is 1.21. The first-order chi connectivity index (χ1) is 8.17. The molecule has 0 N–H and O–H groups in total. The van der Waals surface area contributed by atoms with E-state index in [1.165, 1.54) is 32.6 Å². The molecule has 0 fully saturated rings. The topological polar surface area (TPSA) is 65.0 Å². The minimum absolute atomic E-state index is 0.0373. The second kappa shape index (κ2) is 4.37. The quantitative estimate of drug-likeness (QED) is 0.730. The van der Waals surface area contributed by atoms with Gasteiger partial charge < -0.3 is 9.47 Å². The summed E-state index contributed by atoms with van der Waals surface area (Å²) in [4.78, 5) is 27.2. The standard InChI is InChI=1S/C12H11NO4/c1-16-11-6-7-9(13-4-3-10(7)14)5-8(11)12(15)17-2/h4-6H,3H2,1-2H3. The fraction of sp³-hybridized carbons (Fsp3) is 0.250. The highest BCUT2D eigenvalue weighted by Crippen LogP contribution is 2.32. The summed E-state index contributed by atoms with van der Waals surface area (Å²) >= 11 is 0. The molecular weight excluding hydrogens is 222 g/mol. The second-order valence-corrected chi connectivity index (χ2v) is 3.50. The smallest absolute Gasteiger partial charge is 0.341 e. The van der Waals surface area contributed by atoms with E-state index in [0.29, 0.717) is 17.0 Å². The maximum atomic E-state index is 11.6. The fourth-order valence-corrected chi connectivity index (χ4v) is 1.67. The third-order valence-corrected chi connectivity index (χ3v) is 2.53. The molecule has 0 atom stereocenters. The van der Waals surface area contributed by atoms with Crippen molar-refractivity contribution in [2.24, 2.45) is 4.99 Å². The summed E-state index contributed by atoms with van der Waals surface area (Å²) in [6.45, 7) is 0. The van der Waals surface area contributed by atoms with Crippen LogP contribution in [0.25, 0.3) is 0 Å². The van der Waals surface area contributed by atoms with Crippen molar-refractivity contribution in [2.45, 2.75) is 6.42 Å². The molecule has 17 heavy (non-hydrogen) atoms. The Morgan fingerprint density at radius 1 is 1.35 bits per heavy atom. The lowest BCUT2D eigenvalue weighted by Gasteiger charge is -2.13. The molecular formula is C12H11NO4. The van der Waals surface area contributed by atoms with Crippen molar-refractivity contribution >= 4 is 23.7 Å². The SMILES string of the molecule is COC(=O)c1cc2c(cc1OC)C(=O)CC=N2. The van der Waals surface area contributed by atoms with Crippen LogP contribution in [0.15, 0.2) is 17.1 Å². The van der Waals surface area contributed by atoms with Gasteiger partial charge in [-0.1, -0.05) is 0 Å². The number of Topliss-reactive ketones (excluding diaryl/α,β-unsaturated/α-hetero) is 1. The molecule has 0 spiro atoms. The summed E-state index contributed by atoms with van der Waals surface area (Å²) in [6, 6.07) is 3.04. The number of fused-ring (bicyclic) bond motifs is 1. The minimum Gasteiger partial charge on any atom is -0.496 e. The number of rotatable bonds is 2. The van der Waals surface area contributed by atoms with E-state index in [0.717, 1.165) is 0 Å². The van der Waals surface area contributed by atoms with Crippen molar-refractivity contribution in [1.82, 2.24) is 0 Å². The summed E-state index contributed by atoms with van der Waals surface area (Å²) < 4.78 is 9.72. The Morgan fingerprint density at radius 3 is 2.76 bits per heavy atom. The summed E-state index contributed by atoms with van der Waals surface area (Å²) in [6.07, 6.45) is 1.80. The van der Waals surface area contributed by atoms with E-state index >= 15 is 0 Å². The molecule has 0 radical (unpaired) electrons. The van der Waals surface area contributed by atoms with Gasteiger partial charge in [0.15, 0.2) is 5.78 Å². The summed E-state index contributed by atoms with van der Waals surface area (Å²) in [7, 11) is 2.72. The van der Waals surface area contributed by atoms with Crippen molar-refractivity contribution in [3.63, 3.8) is 0 Å². The van der Waals surface area contributed by atoms with E-state index in [1.807, 2.05) is 0 Å². The molecule has 1 aliphatic heterocycles. The molecule has 0 saturated carbocycles. The minimum atomic E-state index is -0.516. The van der Waals surface area contributed by atoms with Gasteiger partial charge in [0.05, 0.1) is 19.9 Å². The van der Waals surface area contributed by atoms with E-state index in [4.69, 9.17) is 4.74 Å². The number of hydrogen-bond acceptors (Lipinski definition) is 5. The van der Waals surface area contributed by atoms with Crippen LogP contribution in [0.1, 0.15) is 27.1 Å². The Balaban J connectivity index is 2.60. The lowest BCUT2D eigenvalue weighted by Crippen LogP contribution is -2.09. The molecule has 1 aromatic rings. The molecule has 1 heterocycles. The lowest BCUT2D eigenvalue weighted by molar-refractivity contribution is 0.0596. The highest BCUT2D eigenvalue weighted by molar-refractivity contribution is 6.11. The molecule has 1 aromatic carbocycles. The molecule has 0 saturated heterocycles. The van der Waals surface area contributed by atoms with Gasteiger partial charge in [-0.25, -0.2) is 4.79 Å². The zero-order valence-corrected chi connectivity index (χ0v) is 9.52. The Labute approximate surface area is 98.1 Å². The van der Waals surface area contributed by atoms with Crippen LogP contribution >= 0.6 is 0 Å². The van der Waals surface area contributed by atoms with Crippen LogP contribution in [0.5, 0.6) is 5.75 Å². The van der Waals surface area contributed by atoms with Crippen LogP contribution in [0.4, 0.5) is 5.69 Å². The third-order valence-electron chi connectivity index (χ3n) is 2.53. The van der Waals surface area contributed by atoms with Gasteiger partial charge in [0.2, 0.25) is 0 Å². The van der Waals surface area contributed by atoms with Crippen LogP contribution < -0.4 is 4.74 Å². The van der Waals surface area contributed by atoms with Gasteiger partial charge >= 0.3 is 5.97 Å². The fourth-order valence-electron chi connectivity index (χ4n) is 1.67. The first-order valence-corrected chi connectivity index (χ1v) is 5.03. The van der Waals surface area contributed by atoms with Gasteiger partial charge in [0, 0.05) is 18.2 Å². The molecule has 5 nitrogen and oxygen atoms in total. The number of aliphatic imine (C=N–C) groups is 1. The van der Waals surface area contributed by atoms with Crippen molar-refractivity contribution in [3.8, 4) is 5.75 Å². The third kappa shape index (κ3) is 1.91. The number of carbonyl (C=O) groups is 2. The first-order valence-electron chi connectivity index (χ1n) is 5.03. The predicted molar refractivity (Wildman–Crippen MR) is 61.4 cm³/mol. The number of methoxy groups -OCH3 is 2. The number of nitrogens with zero attached hydrogens (tertiary/aromatic N) is 1. The van der Waals surface area contributed by atoms with Crippen molar-refractivity contribution in [2.75, 3.05) is 14.2 Å². The van der Waals surface area contributed by atoms with Crippen LogP contribution in [-0.4, -0.2) is 32.2 Å². The number of esters is 1. The average Bonchev–Trinajstić information content (AvgIpc) is 2.37. The number of ether oxygens (including phenoxy) is 2. The number of carbonyl (C=O) groups excluding carboxylic acids is 2. The van der Waals surface area contributed by atoms with Gasteiger partial charge in [0.1, 0.15) is 11.3 Å². The molecule has 0 unspecified atom stereocenters. The van der Waals surface area contributed by atoms with Crippen molar-refractivity contribution < 1.29 is 19.1 Å². The van der Waals surface area contributed by atoms with Gasteiger partial charge in [-0.05, 0) is 12.1 Å². The summed E-state index contributed by atoms with van der Waals surface area (Å²) in [5.74, 6) is -0.233. The van der Waals surface area contributed by atoms with Gasteiger partial charge in [0.25, 0.3) is 0 Å². The van der Waals surface area contributed by atoms with E-state index < -0.39 is 5.97 Å². The highest BCUT2D eigenvalue weighted by atomic mass is 16.5. The maximum absolute atomic E-state index is 11.6. The maximum Gasteiger partial charge on any atom is 0.341 e. The van der Waals surface area contributed by atoms with Gasteiger partial charge in [-0.15, -0.1) is 0 Å². The zero-order chi connectivity index (χ0) is 12.4. The molecule has 1 aliphatic rings. The molecule has 5 heteroatoms. The number of ketones is 1. The first kappa shape index (κ1) is 11.3. The number of hydrogen-bond donors (Lipinski definition) is 0. The van der Waals surface area contributed by atoms with Crippen LogP contribution in [0.3, 0.4) is 0 Å². The lowest BCUT2D eigenvalue weighted by atomic mass is 10.0. The largest absolute Gasteiger partial charge is 0.496 e. The Hall–Kier alpha value is -2.17. The van der Waals surface area contributed by atoms with Crippen molar-refractivity contribution in [1.29, 1.82) is 0 Å². The normalized spacial score (nSPS) is 13.2. The van der Waals surface area contributed by atoms with Crippen LogP contribution in [-0.2, 0) is 4.74 Å². The van der Waals surface area contributed by atoms with Crippen molar-refractivity contribution in [3.05, 3.63) is 23.3 Å². The zero-order valence-electron chi connectivity index (χ0n) is 9.52.